The Morgan fingerprint density at radius 1 is 1.37 bits per heavy atom. The fourth-order valence-electron chi connectivity index (χ4n) is 1.80. The van der Waals surface area contributed by atoms with E-state index in [2.05, 4.69) is 10.3 Å². The summed E-state index contributed by atoms with van der Waals surface area (Å²) in [6.07, 6.45) is 0.849. The first-order chi connectivity index (χ1) is 8.93. The van der Waals surface area contributed by atoms with E-state index in [0.717, 1.165) is 17.2 Å². The number of carbonyl (C=O) groups excluding carboxylic acids is 1. The van der Waals surface area contributed by atoms with E-state index in [4.69, 9.17) is 5.73 Å². The summed E-state index contributed by atoms with van der Waals surface area (Å²) in [7, 11) is 0. The molecule has 1 amide bonds. The highest BCUT2D eigenvalue weighted by Crippen LogP contribution is 2.20. The second kappa shape index (κ2) is 4.88. The number of pyridine rings is 1. The average Bonchev–Trinajstić information content (AvgIpc) is 2.38. The molecule has 1 heterocycles. The van der Waals surface area contributed by atoms with Crippen molar-refractivity contribution in [3.05, 3.63) is 36.0 Å². The Morgan fingerprint density at radius 2 is 2.05 bits per heavy atom. The van der Waals surface area contributed by atoms with Crippen molar-refractivity contribution in [3.8, 4) is 0 Å². The molecule has 0 aliphatic rings. The van der Waals surface area contributed by atoms with E-state index in [1.54, 1.807) is 6.07 Å². The fraction of sp³-hybridized carbons (Fsp3) is 0.333. The molecule has 100 valence electrons. The molecule has 0 saturated heterocycles. The lowest BCUT2D eigenvalue weighted by molar-refractivity contribution is 0.0906. The quantitative estimate of drug-likeness (QED) is 0.888. The number of aromatic nitrogens is 1. The molecule has 0 bridgehead atoms. The van der Waals surface area contributed by atoms with Crippen LogP contribution in [-0.4, -0.2) is 16.4 Å². The lowest BCUT2D eigenvalue weighted by Crippen LogP contribution is -2.43. The van der Waals surface area contributed by atoms with Crippen LogP contribution in [0.15, 0.2) is 30.3 Å². The molecule has 4 heteroatoms. The van der Waals surface area contributed by atoms with Gasteiger partial charge in [0, 0.05) is 10.9 Å². The van der Waals surface area contributed by atoms with Crippen LogP contribution in [0.4, 0.5) is 5.82 Å². The van der Waals surface area contributed by atoms with Gasteiger partial charge in [0.05, 0.1) is 0 Å². The van der Waals surface area contributed by atoms with Crippen LogP contribution in [0.3, 0.4) is 0 Å². The number of hydrogen-bond donors (Lipinski definition) is 2. The van der Waals surface area contributed by atoms with Gasteiger partial charge in [0.1, 0.15) is 11.5 Å². The highest BCUT2D eigenvalue weighted by Gasteiger charge is 2.20. The van der Waals surface area contributed by atoms with Crippen LogP contribution >= 0.6 is 0 Å². The molecule has 0 spiro atoms. The lowest BCUT2D eigenvalue weighted by atomic mass is 10.0. The summed E-state index contributed by atoms with van der Waals surface area (Å²) in [6, 6.07) is 9.41. The molecular weight excluding hydrogens is 238 g/mol. The number of amides is 1. The van der Waals surface area contributed by atoms with Crippen LogP contribution in [0.5, 0.6) is 0 Å². The van der Waals surface area contributed by atoms with E-state index < -0.39 is 0 Å². The third-order valence-electron chi connectivity index (χ3n) is 3.34. The molecule has 0 atom stereocenters. The Kier molecular flexibility index (Phi) is 3.42. The number of nitrogens with one attached hydrogen (secondary N) is 1. The Balaban J connectivity index is 2.38. The van der Waals surface area contributed by atoms with Crippen LogP contribution in [0.25, 0.3) is 10.8 Å². The molecule has 0 fully saturated rings. The minimum absolute atomic E-state index is 0.190. The first kappa shape index (κ1) is 13.3. The molecule has 3 N–H and O–H groups in total. The van der Waals surface area contributed by atoms with Gasteiger partial charge in [0.25, 0.3) is 5.91 Å². The molecule has 2 aromatic rings. The number of carbonyl (C=O) groups is 1. The third kappa shape index (κ3) is 2.84. The molecule has 4 nitrogen and oxygen atoms in total. The zero-order valence-corrected chi connectivity index (χ0v) is 11.5. The first-order valence-corrected chi connectivity index (χ1v) is 6.41. The fourth-order valence-corrected chi connectivity index (χ4v) is 1.80. The van der Waals surface area contributed by atoms with Crippen LogP contribution in [0, 0.1) is 0 Å². The molecule has 2 rings (SSSR count). The van der Waals surface area contributed by atoms with Crippen molar-refractivity contribution in [1.29, 1.82) is 0 Å². The molecule has 0 aliphatic heterocycles. The van der Waals surface area contributed by atoms with Crippen molar-refractivity contribution in [2.75, 3.05) is 5.73 Å². The van der Waals surface area contributed by atoms with E-state index in [1.807, 2.05) is 45.0 Å². The molecule has 1 aromatic heterocycles. The highest BCUT2D eigenvalue weighted by molar-refractivity contribution is 6.00. The standard InChI is InChI=1S/C15H19N3O/c1-4-15(2,3)18-14(19)12-9-10-7-5-6-8-11(10)13(16)17-12/h5-9H,4H2,1-3H3,(H2,16,17)(H,18,19). The van der Waals surface area contributed by atoms with Gasteiger partial charge in [-0.1, -0.05) is 31.2 Å². The smallest absolute Gasteiger partial charge is 0.270 e. The van der Waals surface area contributed by atoms with E-state index >= 15 is 0 Å². The van der Waals surface area contributed by atoms with Gasteiger partial charge < -0.3 is 11.1 Å². The predicted molar refractivity (Wildman–Crippen MR) is 78.0 cm³/mol. The van der Waals surface area contributed by atoms with E-state index in [-0.39, 0.29) is 11.4 Å². The van der Waals surface area contributed by atoms with E-state index in [0.29, 0.717) is 11.5 Å². The zero-order valence-electron chi connectivity index (χ0n) is 11.5. The Hall–Kier alpha value is -2.10. The van der Waals surface area contributed by atoms with Gasteiger partial charge in [-0.2, -0.15) is 0 Å². The minimum Gasteiger partial charge on any atom is -0.383 e. The van der Waals surface area contributed by atoms with Crippen molar-refractivity contribution >= 4 is 22.5 Å². The van der Waals surface area contributed by atoms with Gasteiger partial charge in [-0.25, -0.2) is 4.98 Å². The second-order valence-corrected chi connectivity index (χ2v) is 5.31. The number of nitrogen functional groups attached to an aromatic ring is 1. The Morgan fingerprint density at radius 3 is 2.74 bits per heavy atom. The normalized spacial score (nSPS) is 11.5. The number of nitrogens with zero attached hydrogens (tertiary/aromatic N) is 1. The second-order valence-electron chi connectivity index (χ2n) is 5.31. The first-order valence-electron chi connectivity index (χ1n) is 6.41. The topological polar surface area (TPSA) is 68.0 Å². The van der Waals surface area contributed by atoms with Crippen molar-refractivity contribution in [2.24, 2.45) is 0 Å². The predicted octanol–water partition coefficient (Wildman–Crippen LogP) is 2.74. The molecule has 1 aromatic carbocycles. The van der Waals surface area contributed by atoms with Gasteiger partial charge in [-0.05, 0) is 31.7 Å². The Bertz CT molecular complexity index is 620. The van der Waals surface area contributed by atoms with Gasteiger partial charge in [-0.15, -0.1) is 0 Å². The maximum absolute atomic E-state index is 12.2. The van der Waals surface area contributed by atoms with Crippen molar-refractivity contribution in [3.63, 3.8) is 0 Å². The lowest BCUT2D eigenvalue weighted by Gasteiger charge is -2.24. The van der Waals surface area contributed by atoms with Crippen molar-refractivity contribution < 1.29 is 4.79 Å². The van der Waals surface area contributed by atoms with Crippen molar-refractivity contribution in [1.82, 2.24) is 10.3 Å². The number of rotatable bonds is 3. The Labute approximate surface area is 113 Å². The molecular formula is C15H19N3O. The number of hydrogen-bond acceptors (Lipinski definition) is 3. The highest BCUT2D eigenvalue weighted by atomic mass is 16.2. The summed E-state index contributed by atoms with van der Waals surface area (Å²) in [6.45, 7) is 5.99. The van der Waals surface area contributed by atoms with Gasteiger partial charge in [0.2, 0.25) is 0 Å². The maximum atomic E-state index is 12.2. The summed E-state index contributed by atoms with van der Waals surface area (Å²) in [5, 5.41) is 4.75. The summed E-state index contributed by atoms with van der Waals surface area (Å²) in [5.74, 6) is 0.196. The molecule has 0 saturated carbocycles. The number of fused-ring (bicyclic) bond motifs is 1. The van der Waals surface area contributed by atoms with Crippen LogP contribution in [0.1, 0.15) is 37.7 Å². The van der Waals surface area contributed by atoms with Gasteiger partial charge in [-0.3, -0.25) is 4.79 Å². The third-order valence-corrected chi connectivity index (χ3v) is 3.34. The van der Waals surface area contributed by atoms with Gasteiger partial charge in [0.15, 0.2) is 0 Å². The molecule has 0 aliphatic carbocycles. The minimum atomic E-state index is -0.251. The summed E-state index contributed by atoms with van der Waals surface area (Å²) in [5.41, 5.74) is 6.01. The molecule has 19 heavy (non-hydrogen) atoms. The average molecular weight is 257 g/mol. The van der Waals surface area contributed by atoms with E-state index in [1.165, 1.54) is 0 Å². The zero-order chi connectivity index (χ0) is 14.0. The number of nitrogens with two attached hydrogens (primary N) is 1. The van der Waals surface area contributed by atoms with Crippen LogP contribution in [-0.2, 0) is 0 Å². The van der Waals surface area contributed by atoms with Gasteiger partial charge >= 0.3 is 0 Å². The van der Waals surface area contributed by atoms with E-state index in [9.17, 15) is 4.79 Å². The largest absolute Gasteiger partial charge is 0.383 e. The van der Waals surface area contributed by atoms with Crippen LogP contribution in [0.2, 0.25) is 0 Å². The molecule has 0 unspecified atom stereocenters. The number of anilines is 1. The van der Waals surface area contributed by atoms with Crippen molar-refractivity contribution in [2.45, 2.75) is 32.7 Å². The molecule has 0 radical (unpaired) electrons. The number of benzene rings is 1. The van der Waals surface area contributed by atoms with Crippen LogP contribution < -0.4 is 11.1 Å². The maximum Gasteiger partial charge on any atom is 0.270 e. The monoisotopic (exact) mass is 257 g/mol. The SMILES string of the molecule is CCC(C)(C)NC(=O)c1cc2ccccc2c(N)n1. The summed E-state index contributed by atoms with van der Waals surface area (Å²) >= 11 is 0. The summed E-state index contributed by atoms with van der Waals surface area (Å²) in [4.78, 5) is 16.4. The summed E-state index contributed by atoms with van der Waals surface area (Å²) < 4.78 is 0.